The van der Waals surface area contributed by atoms with E-state index in [0.717, 1.165) is 39.6 Å². The zero-order valence-corrected chi connectivity index (χ0v) is 23.0. The van der Waals surface area contributed by atoms with E-state index in [0.29, 0.717) is 23.7 Å². The van der Waals surface area contributed by atoms with Crippen molar-refractivity contribution in [2.75, 3.05) is 19.5 Å². The SMILES string of the molecule is COc1cc(NC(=O)N2Cc3c(C)nn(-c4ccccc4)c3-n3cccc3[C@H]2c2cccc(C)c2)cc(OC)c1. The summed E-state index contributed by atoms with van der Waals surface area (Å²) in [7, 11) is 3.18. The number of amides is 2. The van der Waals surface area contributed by atoms with Crippen LogP contribution in [0.3, 0.4) is 0 Å². The van der Waals surface area contributed by atoms with E-state index in [4.69, 9.17) is 14.6 Å². The van der Waals surface area contributed by atoms with Crippen LogP contribution in [0.15, 0.2) is 91.1 Å². The van der Waals surface area contributed by atoms with Crippen molar-refractivity contribution in [2.45, 2.75) is 26.4 Å². The van der Waals surface area contributed by atoms with E-state index in [1.165, 1.54) is 0 Å². The van der Waals surface area contributed by atoms with Crippen LogP contribution in [0.4, 0.5) is 10.5 Å². The molecule has 0 saturated carbocycles. The minimum atomic E-state index is -0.349. The summed E-state index contributed by atoms with van der Waals surface area (Å²) in [6, 6.07) is 27.3. The van der Waals surface area contributed by atoms with Gasteiger partial charge in [-0.05, 0) is 43.7 Å². The maximum absolute atomic E-state index is 14.2. The highest BCUT2D eigenvalue weighted by Gasteiger charge is 2.36. The maximum atomic E-state index is 14.2. The van der Waals surface area contributed by atoms with Crippen molar-refractivity contribution in [2.24, 2.45) is 0 Å². The molecule has 6 rings (SSSR count). The molecule has 1 atom stereocenters. The van der Waals surface area contributed by atoms with E-state index in [-0.39, 0.29) is 12.1 Å². The molecule has 2 amide bonds. The average molecular weight is 534 g/mol. The number of benzene rings is 3. The zero-order chi connectivity index (χ0) is 27.8. The molecule has 1 N–H and O–H groups in total. The fraction of sp³-hybridized carbons (Fsp3) is 0.188. The Hall–Kier alpha value is -4.98. The van der Waals surface area contributed by atoms with Crippen molar-refractivity contribution in [3.63, 3.8) is 0 Å². The number of anilines is 1. The third-order valence-electron chi connectivity index (χ3n) is 7.31. The lowest BCUT2D eigenvalue weighted by Gasteiger charge is -2.31. The molecular formula is C32H31N5O3. The Morgan fingerprint density at radius 3 is 2.35 bits per heavy atom. The number of methoxy groups -OCH3 is 2. The number of fused-ring (bicyclic) bond motifs is 3. The van der Waals surface area contributed by atoms with Gasteiger partial charge < -0.3 is 24.3 Å². The monoisotopic (exact) mass is 533 g/mol. The molecule has 0 aliphatic carbocycles. The smallest absolute Gasteiger partial charge is 0.322 e. The number of hydrogen-bond donors (Lipinski definition) is 1. The summed E-state index contributed by atoms with van der Waals surface area (Å²) in [6.45, 7) is 4.43. The van der Waals surface area contributed by atoms with Gasteiger partial charge in [-0.3, -0.25) is 0 Å². The van der Waals surface area contributed by atoms with E-state index in [1.54, 1.807) is 32.4 Å². The predicted molar refractivity (Wildman–Crippen MR) is 155 cm³/mol. The Morgan fingerprint density at radius 2 is 1.65 bits per heavy atom. The van der Waals surface area contributed by atoms with Crippen LogP contribution in [0.1, 0.15) is 34.1 Å². The molecule has 8 heteroatoms. The standard InChI is InChI=1S/C32H31N5O3/c1-21-10-8-11-23(16-21)30-29-14-9-15-35(29)31-28(22(2)34-37(31)25-12-6-5-7-13-25)20-36(30)32(38)33-24-17-26(39-3)19-27(18-24)40-4/h5-19,30H,20H2,1-4H3,(H,33,38)/t30-/m1/s1. The lowest BCUT2D eigenvalue weighted by Crippen LogP contribution is -2.38. The van der Waals surface area contributed by atoms with E-state index < -0.39 is 0 Å². The van der Waals surface area contributed by atoms with Gasteiger partial charge in [-0.25, -0.2) is 9.48 Å². The van der Waals surface area contributed by atoms with Gasteiger partial charge in [-0.1, -0.05) is 48.0 Å². The number of carbonyl (C=O) groups excluding carboxylic acids is 1. The number of rotatable bonds is 5. The van der Waals surface area contributed by atoms with Crippen LogP contribution in [0.25, 0.3) is 11.5 Å². The Labute approximate surface area is 233 Å². The molecule has 0 saturated heterocycles. The second kappa shape index (κ2) is 10.3. The summed E-state index contributed by atoms with van der Waals surface area (Å²) in [4.78, 5) is 16.1. The van der Waals surface area contributed by atoms with E-state index in [2.05, 4.69) is 41.1 Å². The molecule has 1 aliphatic heterocycles. The number of ether oxygens (including phenoxy) is 2. The molecule has 5 aromatic rings. The molecule has 1 aliphatic rings. The minimum Gasteiger partial charge on any atom is -0.497 e. The molecule has 3 aromatic carbocycles. The molecule has 40 heavy (non-hydrogen) atoms. The first-order valence-electron chi connectivity index (χ1n) is 13.2. The van der Waals surface area contributed by atoms with E-state index >= 15 is 0 Å². The van der Waals surface area contributed by atoms with Crippen molar-refractivity contribution in [1.29, 1.82) is 0 Å². The van der Waals surface area contributed by atoms with Gasteiger partial charge in [0.15, 0.2) is 0 Å². The molecule has 0 unspecified atom stereocenters. The molecular weight excluding hydrogens is 502 g/mol. The van der Waals surface area contributed by atoms with Gasteiger partial charge in [0.05, 0.1) is 43.9 Å². The van der Waals surface area contributed by atoms with E-state index in [9.17, 15) is 4.79 Å². The topological polar surface area (TPSA) is 73.5 Å². The van der Waals surface area contributed by atoms with Crippen LogP contribution < -0.4 is 14.8 Å². The number of aryl methyl sites for hydroxylation is 2. The second-order valence-electron chi connectivity index (χ2n) is 9.91. The Morgan fingerprint density at radius 1 is 0.900 bits per heavy atom. The number of nitrogens with zero attached hydrogens (tertiary/aromatic N) is 4. The number of hydrogen-bond acceptors (Lipinski definition) is 4. The Kier molecular flexibility index (Phi) is 6.51. The first-order valence-corrected chi connectivity index (χ1v) is 13.2. The highest BCUT2D eigenvalue weighted by atomic mass is 16.5. The average Bonchev–Trinajstić information content (AvgIpc) is 3.53. The summed E-state index contributed by atoms with van der Waals surface area (Å²) in [6.07, 6.45) is 2.05. The van der Waals surface area contributed by atoms with Crippen LogP contribution in [-0.2, 0) is 6.54 Å². The lowest BCUT2D eigenvalue weighted by atomic mass is 10.00. The third kappa shape index (κ3) is 4.47. The first kappa shape index (κ1) is 25.3. The quantitative estimate of drug-likeness (QED) is 0.282. The third-order valence-corrected chi connectivity index (χ3v) is 7.31. The normalized spacial score (nSPS) is 14.2. The highest BCUT2D eigenvalue weighted by molar-refractivity contribution is 5.90. The van der Waals surface area contributed by atoms with Gasteiger partial charge in [0.25, 0.3) is 0 Å². The second-order valence-corrected chi connectivity index (χ2v) is 9.91. The highest BCUT2D eigenvalue weighted by Crippen LogP contribution is 2.39. The summed E-state index contributed by atoms with van der Waals surface area (Å²) in [5.41, 5.74) is 6.52. The van der Waals surface area contributed by atoms with Crippen molar-refractivity contribution in [1.82, 2.24) is 19.2 Å². The van der Waals surface area contributed by atoms with Gasteiger partial charge in [-0.2, -0.15) is 5.10 Å². The Balaban J connectivity index is 1.51. The number of carbonyl (C=O) groups is 1. The van der Waals surface area contributed by atoms with Gasteiger partial charge in [0.2, 0.25) is 0 Å². The van der Waals surface area contributed by atoms with Crippen LogP contribution in [0, 0.1) is 13.8 Å². The first-order chi connectivity index (χ1) is 19.5. The fourth-order valence-corrected chi connectivity index (χ4v) is 5.42. The van der Waals surface area contributed by atoms with Gasteiger partial charge in [-0.15, -0.1) is 0 Å². The maximum Gasteiger partial charge on any atom is 0.322 e. The van der Waals surface area contributed by atoms with Crippen molar-refractivity contribution >= 4 is 11.7 Å². The van der Waals surface area contributed by atoms with Crippen molar-refractivity contribution in [3.8, 4) is 23.0 Å². The molecule has 0 bridgehead atoms. The minimum absolute atomic E-state index is 0.241. The molecule has 2 aromatic heterocycles. The van der Waals surface area contributed by atoms with Crippen molar-refractivity contribution < 1.29 is 14.3 Å². The van der Waals surface area contributed by atoms with Gasteiger partial charge in [0, 0.05) is 35.6 Å². The molecule has 8 nitrogen and oxygen atoms in total. The summed E-state index contributed by atoms with van der Waals surface area (Å²) in [5, 5.41) is 8.03. The summed E-state index contributed by atoms with van der Waals surface area (Å²) in [5.74, 6) is 2.12. The van der Waals surface area contributed by atoms with Crippen LogP contribution >= 0.6 is 0 Å². The van der Waals surface area contributed by atoms with Crippen LogP contribution in [-0.4, -0.2) is 39.5 Å². The largest absolute Gasteiger partial charge is 0.497 e. The predicted octanol–water partition coefficient (Wildman–Crippen LogP) is 6.43. The molecule has 0 radical (unpaired) electrons. The number of aromatic nitrogens is 3. The Bertz CT molecular complexity index is 1670. The van der Waals surface area contributed by atoms with Crippen LogP contribution in [0.5, 0.6) is 11.5 Å². The summed E-state index contributed by atoms with van der Waals surface area (Å²) < 4.78 is 15.0. The molecule has 202 valence electrons. The molecule has 0 spiro atoms. The number of para-hydroxylation sites is 1. The van der Waals surface area contributed by atoms with Gasteiger partial charge in [0.1, 0.15) is 17.3 Å². The number of urea groups is 1. The van der Waals surface area contributed by atoms with Crippen molar-refractivity contribution in [3.05, 3.63) is 119 Å². The summed E-state index contributed by atoms with van der Waals surface area (Å²) >= 11 is 0. The van der Waals surface area contributed by atoms with E-state index in [1.807, 2.05) is 65.2 Å². The molecule has 0 fully saturated rings. The zero-order valence-electron chi connectivity index (χ0n) is 23.0. The fourth-order valence-electron chi connectivity index (χ4n) is 5.42. The lowest BCUT2D eigenvalue weighted by molar-refractivity contribution is 0.194. The number of nitrogens with one attached hydrogen (secondary N) is 1. The van der Waals surface area contributed by atoms with Crippen LogP contribution in [0.2, 0.25) is 0 Å². The van der Waals surface area contributed by atoms with Gasteiger partial charge >= 0.3 is 6.03 Å². The molecule has 3 heterocycles.